The molecular formula is C23H39N3O4S. The first-order valence-corrected chi connectivity index (χ1v) is 12.9. The van der Waals surface area contributed by atoms with Crippen LogP contribution in [0.3, 0.4) is 0 Å². The molecule has 8 heteroatoms. The van der Waals surface area contributed by atoms with Gasteiger partial charge in [0.05, 0.1) is 18.1 Å². The number of aryl methyl sites for hydroxylation is 1. The minimum Gasteiger partial charge on any atom is -0.379 e. The first-order valence-electron chi connectivity index (χ1n) is 11.5. The monoisotopic (exact) mass is 453 g/mol. The third-order valence-corrected chi connectivity index (χ3v) is 7.72. The molecule has 0 aromatic heterocycles. The molecule has 0 N–H and O–H groups in total. The summed E-state index contributed by atoms with van der Waals surface area (Å²) < 4.78 is 33.4. The summed E-state index contributed by atoms with van der Waals surface area (Å²) in [7, 11) is -3.67. The summed E-state index contributed by atoms with van der Waals surface area (Å²) >= 11 is 0. The van der Waals surface area contributed by atoms with E-state index < -0.39 is 10.0 Å². The number of hydrogen-bond acceptors (Lipinski definition) is 5. The number of sulfonamides is 1. The van der Waals surface area contributed by atoms with Crippen LogP contribution >= 0.6 is 0 Å². The van der Waals surface area contributed by atoms with E-state index in [0.29, 0.717) is 57.3 Å². The van der Waals surface area contributed by atoms with Gasteiger partial charge in [-0.15, -0.1) is 0 Å². The highest BCUT2D eigenvalue weighted by Crippen LogP contribution is 2.24. The Morgan fingerprint density at radius 3 is 2.29 bits per heavy atom. The third-order valence-electron chi connectivity index (χ3n) is 5.74. The highest BCUT2D eigenvalue weighted by Gasteiger charge is 2.29. The van der Waals surface area contributed by atoms with E-state index in [0.717, 1.165) is 25.2 Å². The molecule has 1 fully saturated rings. The van der Waals surface area contributed by atoms with Gasteiger partial charge in [0.1, 0.15) is 0 Å². The van der Waals surface area contributed by atoms with E-state index >= 15 is 0 Å². The van der Waals surface area contributed by atoms with E-state index in [1.165, 1.54) is 4.31 Å². The summed E-state index contributed by atoms with van der Waals surface area (Å²) in [5, 5.41) is 0. The van der Waals surface area contributed by atoms with Gasteiger partial charge in [-0.25, -0.2) is 8.42 Å². The molecule has 1 amide bonds. The normalized spacial score (nSPS) is 15.6. The zero-order chi connectivity index (χ0) is 23.0. The lowest BCUT2D eigenvalue weighted by Crippen LogP contribution is -2.41. The molecule has 2 rings (SSSR count). The largest absolute Gasteiger partial charge is 0.379 e. The van der Waals surface area contributed by atoms with Crippen LogP contribution in [-0.4, -0.2) is 87.5 Å². The number of carbonyl (C=O) groups excluding carboxylic acids is 1. The van der Waals surface area contributed by atoms with Gasteiger partial charge >= 0.3 is 0 Å². The zero-order valence-corrected chi connectivity index (χ0v) is 20.6. The Balaban J connectivity index is 2.34. The average Bonchev–Trinajstić information content (AvgIpc) is 2.78. The maximum Gasteiger partial charge on any atom is 0.253 e. The lowest BCUT2D eigenvalue weighted by molar-refractivity contribution is 0.0714. The van der Waals surface area contributed by atoms with Crippen LogP contribution in [0.2, 0.25) is 0 Å². The summed E-state index contributed by atoms with van der Waals surface area (Å²) in [5.74, 6) is 0.217. The minimum atomic E-state index is -3.67. The van der Waals surface area contributed by atoms with E-state index in [4.69, 9.17) is 4.74 Å². The quantitative estimate of drug-likeness (QED) is 0.515. The van der Waals surface area contributed by atoms with Crippen molar-refractivity contribution < 1.29 is 17.9 Å². The molecule has 0 aliphatic carbocycles. The summed E-state index contributed by atoms with van der Waals surface area (Å²) in [4.78, 5) is 17.8. The number of morpholine rings is 1. The molecule has 1 aromatic rings. The number of rotatable bonds is 11. The van der Waals surface area contributed by atoms with Crippen molar-refractivity contribution in [1.29, 1.82) is 0 Å². The summed E-state index contributed by atoms with van der Waals surface area (Å²) in [6.07, 6.45) is 0.588. The molecule has 1 heterocycles. The Labute approximate surface area is 188 Å². The number of hydrogen-bond donors (Lipinski definition) is 0. The van der Waals surface area contributed by atoms with Crippen molar-refractivity contribution in [3.05, 3.63) is 29.3 Å². The number of likely N-dealkylation sites (N-methyl/N-ethyl adjacent to an activating group) is 1. The molecule has 1 aliphatic heterocycles. The minimum absolute atomic E-state index is 0.109. The van der Waals surface area contributed by atoms with Crippen molar-refractivity contribution in [1.82, 2.24) is 14.1 Å². The fourth-order valence-corrected chi connectivity index (χ4v) is 5.57. The SMILES string of the molecule is CCc1ccc(C(=O)N(CCN(CC)CC)CC(C)C)cc1S(=O)(=O)N1CCOCC1. The van der Waals surface area contributed by atoms with Crippen LogP contribution in [0.4, 0.5) is 0 Å². The lowest BCUT2D eigenvalue weighted by atomic mass is 10.1. The molecule has 0 saturated carbocycles. The highest BCUT2D eigenvalue weighted by atomic mass is 32.2. The summed E-state index contributed by atoms with van der Waals surface area (Å²) in [6, 6.07) is 5.14. The Hall–Kier alpha value is -1.48. The summed E-state index contributed by atoms with van der Waals surface area (Å²) in [6.45, 7) is 15.8. The van der Waals surface area contributed by atoms with Crippen molar-refractivity contribution in [3.8, 4) is 0 Å². The second-order valence-electron chi connectivity index (χ2n) is 8.36. The van der Waals surface area contributed by atoms with E-state index in [1.54, 1.807) is 18.2 Å². The molecular weight excluding hydrogens is 414 g/mol. The number of nitrogens with zero attached hydrogens (tertiary/aromatic N) is 3. The Morgan fingerprint density at radius 1 is 1.10 bits per heavy atom. The molecule has 0 bridgehead atoms. The van der Waals surface area contributed by atoms with Gasteiger partial charge in [-0.3, -0.25) is 4.79 Å². The molecule has 31 heavy (non-hydrogen) atoms. The zero-order valence-electron chi connectivity index (χ0n) is 19.8. The molecule has 176 valence electrons. The summed E-state index contributed by atoms with van der Waals surface area (Å²) in [5.41, 5.74) is 1.17. The fraction of sp³-hybridized carbons (Fsp3) is 0.696. The van der Waals surface area contributed by atoms with Crippen LogP contribution in [0.15, 0.2) is 23.1 Å². The van der Waals surface area contributed by atoms with Gasteiger partial charge in [0.15, 0.2) is 0 Å². The van der Waals surface area contributed by atoms with Gasteiger partial charge in [0.2, 0.25) is 10.0 Å². The van der Waals surface area contributed by atoms with E-state index in [-0.39, 0.29) is 10.8 Å². The second kappa shape index (κ2) is 11.9. The van der Waals surface area contributed by atoms with Crippen molar-refractivity contribution in [2.75, 3.05) is 59.0 Å². The maximum absolute atomic E-state index is 13.4. The van der Waals surface area contributed by atoms with Gasteiger partial charge in [-0.05, 0) is 43.1 Å². The van der Waals surface area contributed by atoms with Crippen LogP contribution < -0.4 is 0 Å². The van der Waals surface area contributed by atoms with Crippen LogP contribution in [0.1, 0.15) is 50.5 Å². The van der Waals surface area contributed by atoms with Gasteiger partial charge in [0, 0.05) is 38.3 Å². The number of carbonyl (C=O) groups is 1. The second-order valence-corrected chi connectivity index (χ2v) is 10.3. The number of ether oxygens (including phenoxy) is 1. The average molecular weight is 454 g/mol. The smallest absolute Gasteiger partial charge is 0.253 e. The molecule has 1 aliphatic rings. The molecule has 0 spiro atoms. The van der Waals surface area contributed by atoms with Gasteiger partial charge in [0.25, 0.3) is 5.91 Å². The topological polar surface area (TPSA) is 70.2 Å². The molecule has 7 nitrogen and oxygen atoms in total. The number of benzene rings is 1. The Morgan fingerprint density at radius 2 is 1.74 bits per heavy atom. The first kappa shape index (κ1) is 25.8. The third kappa shape index (κ3) is 6.75. The van der Waals surface area contributed by atoms with Crippen LogP contribution in [0.25, 0.3) is 0 Å². The van der Waals surface area contributed by atoms with Crippen LogP contribution in [-0.2, 0) is 21.2 Å². The number of amides is 1. The van der Waals surface area contributed by atoms with E-state index in [1.807, 2.05) is 11.8 Å². The fourth-order valence-electron chi connectivity index (χ4n) is 3.85. The van der Waals surface area contributed by atoms with Gasteiger partial charge in [-0.1, -0.05) is 40.7 Å². The Bertz CT molecular complexity index is 816. The van der Waals surface area contributed by atoms with E-state index in [9.17, 15) is 13.2 Å². The highest BCUT2D eigenvalue weighted by molar-refractivity contribution is 7.89. The van der Waals surface area contributed by atoms with Crippen LogP contribution in [0.5, 0.6) is 0 Å². The molecule has 1 saturated heterocycles. The molecule has 0 radical (unpaired) electrons. The van der Waals surface area contributed by atoms with Gasteiger partial charge in [-0.2, -0.15) is 4.31 Å². The van der Waals surface area contributed by atoms with Crippen molar-refractivity contribution in [3.63, 3.8) is 0 Å². The Kier molecular flexibility index (Phi) is 9.93. The van der Waals surface area contributed by atoms with E-state index in [2.05, 4.69) is 32.6 Å². The van der Waals surface area contributed by atoms with Crippen molar-refractivity contribution in [2.24, 2.45) is 5.92 Å². The van der Waals surface area contributed by atoms with Gasteiger partial charge < -0.3 is 14.5 Å². The maximum atomic E-state index is 13.4. The lowest BCUT2D eigenvalue weighted by Gasteiger charge is -2.29. The predicted octanol–water partition coefficient (Wildman–Crippen LogP) is 2.71. The first-order chi connectivity index (χ1) is 14.7. The van der Waals surface area contributed by atoms with Crippen molar-refractivity contribution >= 4 is 15.9 Å². The molecule has 1 aromatic carbocycles. The van der Waals surface area contributed by atoms with Crippen LogP contribution in [0, 0.1) is 5.92 Å². The van der Waals surface area contributed by atoms with Crippen molar-refractivity contribution in [2.45, 2.75) is 45.9 Å². The predicted molar refractivity (Wildman–Crippen MR) is 124 cm³/mol. The standard InChI is InChI=1S/C23H39N3O4S/c1-6-20-9-10-21(17-22(20)31(28,29)26-13-15-30-16-14-26)23(27)25(18-19(4)5)12-11-24(7-2)8-3/h9-10,17,19H,6-8,11-16,18H2,1-5H3. The molecule has 0 atom stereocenters. The molecule has 0 unspecified atom stereocenters.